The molecule has 1 amide bonds. The number of hydrogen-bond acceptors (Lipinski definition) is 2. The molecule has 170 valence electrons. The van der Waals surface area contributed by atoms with E-state index in [9.17, 15) is 4.79 Å². The maximum atomic E-state index is 12.3. The van der Waals surface area contributed by atoms with Crippen molar-refractivity contribution in [1.82, 2.24) is 10.6 Å². The summed E-state index contributed by atoms with van der Waals surface area (Å²) in [6.07, 6.45) is 10.2. The fourth-order valence-electron chi connectivity index (χ4n) is 2.96. The van der Waals surface area contributed by atoms with Crippen LogP contribution in [0, 0.1) is 6.92 Å². The number of nitrogens with one attached hydrogen (secondary N) is 3. The lowest BCUT2D eigenvalue weighted by Crippen LogP contribution is -2.56. The van der Waals surface area contributed by atoms with Crippen LogP contribution in [0.25, 0.3) is 0 Å². The van der Waals surface area contributed by atoms with Crippen LogP contribution in [0.2, 0.25) is 0 Å². The van der Waals surface area contributed by atoms with Crippen molar-refractivity contribution in [2.75, 3.05) is 5.32 Å². The number of anilines is 1. The summed E-state index contributed by atoms with van der Waals surface area (Å²) < 4.78 is -1.74. The molecule has 1 rings (SSSR count). The quantitative estimate of drug-likeness (QED) is 0.119. The highest BCUT2D eigenvalue weighted by Crippen LogP contribution is 2.29. The van der Waals surface area contributed by atoms with Gasteiger partial charge in [0.2, 0.25) is 9.70 Å². The van der Waals surface area contributed by atoms with Gasteiger partial charge in [-0.2, -0.15) is 0 Å². The number of carbonyl (C=O) groups is 1. The monoisotopic (exact) mass is 493 g/mol. The number of carbonyl (C=O) groups excluding carboxylic acids is 1. The van der Waals surface area contributed by atoms with Crippen molar-refractivity contribution in [1.29, 1.82) is 0 Å². The zero-order valence-electron chi connectivity index (χ0n) is 17.9. The Morgan fingerprint density at radius 1 is 0.933 bits per heavy atom. The SMILES string of the molecule is CCCCCCCCCCCC(=O)NC(NC(=S)Nc1ccc(C)cc1)C(Cl)(Cl)Cl. The zero-order chi connectivity index (χ0) is 22.4. The number of unbranched alkanes of at least 4 members (excludes halogenated alkanes) is 8. The average molecular weight is 495 g/mol. The van der Waals surface area contributed by atoms with E-state index in [1.54, 1.807) is 0 Å². The van der Waals surface area contributed by atoms with Gasteiger partial charge >= 0.3 is 0 Å². The van der Waals surface area contributed by atoms with E-state index in [-0.39, 0.29) is 11.0 Å². The van der Waals surface area contributed by atoms with Gasteiger partial charge in [0.15, 0.2) is 5.11 Å². The summed E-state index contributed by atoms with van der Waals surface area (Å²) in [5.74, 6) is -0.167. The molecule has 1 atom stereocenters. The molecule has 8 heteroatoms. The molecule has 0 heterocycles. The van der Waals surface area contributed by atoms with Crippen LogP contribution in [0.1, 0.15) is 76.7 Å². The predicted octanol–water partition coefficient (Wildman–Crippen LogP) is 7.01. The normalized spacial score (nSPS) is 12.3. The van der Waals surface area contributed by atoms with E-state index in [4.69, 9.17) is 47.0 Å². The Morgan fingerprint density at radius 3 is 2.00 bits per heavy atom. The third-order valence-corrected chi connectivity index (χ3v) is 5.60. The summed E-state index contributed by atoms with van der Waals surface area (Å²) in [6, 6.07) is 7.72. The van der Waals surface area contributed by atoms with Crippen molar-refractivity contribution < 1.29 is 4.79 Å². The molecule has 30 heavy (non-hydrogen) atoms. The summed E-state index contributed by atoms with van der Waals surface area (Å²) in [7, 11) is 0. The van der Waals surface area contributed by atoms with E-state index in [1.807, 2.05) is 31.2 Å². The lowest BCUT2D eigenvalue weighted by Gasteiger charge is -2.27. The van der Waals surface area contributed by atoms with Crippen molar-refractivity contribution in [3.63, 3.8) is 0 Å². The molecule has 0 spiro atoms. The Labute approximate surface area is 201 Å². The molecule has 0 bridgehead atoms. The number of amides is 1. The van der Waals surface area contributed by atoms with Gasteiger partial charge in [0.1, 0.15) is 6.17 Å². The standard InChI is InChI=1S/C22H34Cl3N3OS/c1-3-4-5-6-7-8-9-10-11-12-19(29)27-20(22(23,24)25)28-21(30)26-18-15-13-17(2)14-16-18/h13-16,20H,3-12H2,1-2H3,(H,27,29)(H2,26,28,30). The Balaban J connectivity index is 2.33. The number of rotatable bonds is 13. The lowest BCUT2D eigenvalue weighted by atomic mass is 10.1. The fourth-order valence-corrected chi connectivity index (χ4v) is 3.53. The summed E-state index contributed by atoms with van der Waals surface area (Å²) in [6.45, 7) is 4.23. The first-order valence-corrected chi connectivity index (χ1v) is 12.3. The van der Waals surface area contributed by atoms with Crippen molar-refractivity contribution in [2.45, 2.75) is 88.0 Å². The molecule has 0 fully saturated rings. The number of halogens is 3. The van der Waals surface area contributed by atoms with E-state index >= 15 is 0 Å². The van der Waals surface area contributed by atoms with Gasteiger partial charge in [-0.05, 0) is 37.7 Å². The Bertz CT molecular complexity index is 636. The smallest absolute Gasteiger partial charge is 0.228 e. The van der Waals surface area contributed by atoms with Gasteiger partial charge < -0.3 is 16.0 Å². The summed E-state index contributed by atoms with van der Waals surface area (Å²) in [4.78, 5) is 12.3. The average Bonchev–Trinajstić information content (AvgIpc) is 2.67. The van der Waals surface area contributed by atoms with Crippen LogP contribution in [-0.4, -0.2) is 21.0 Å². The third-order valence-electron chi connectivity index (χ3n) is 4.72. The van der Waals surface area contributed by atoms with Crippen molar-refractivity contribution in [3.8, 4) is 0 Å². The van der Waals surface area contributed by atoms with E-state index in [0.717, 1.165) is 30.5 Å². The van der Waals surface area contributed by atoms with E-state index in [2.05, 4.69) is 22.9 Å². The molecular formula is C22H34Cl3N3OS. The molecular weight excluding hydrogens is 461 g/mol. The minimum Gasteiger partial charge on any atom is -0.339 e. The van der Waals surface area contributed by atoms with Gasteiger partial charge in [0.25, 0.3) is 0 Å². The summed E-state index contributed by atoms with van der Waals surface area (Å²) >= 11 is 23.4. The number of alkyl halides is 3. The highest BCUT2D eigenvalue weighted by Gasteiger charge is 2.34. The van der Waals surface area contributed by atoms with Crippen LogP contribution in [0.15, 0.2) is 24.3 Å². The van der Waals surface area contributed by atoms with Crippen LogP contribution >= 0.6 is 47.0 Å². The molecule has 4 nitrogen and oxygen atoms in total. The topological polar surface area (TPSA) is 53.2 Å². The lowest BCUT2D eigenvalue weighted by molar-refractivity contribution is -0.122. The van der Waals surface area contributed by atoms with Crippen LogP contribution < -0.4 is 16.0 Å². The first-order chi connectivity index (χ1) is 14.2. The molecule has 0 aliphatic carbocycles. The number of benzene rings is 1. The van der Waals surface area contributed by atoms with Gasteiger partial charge in [0, 0.05) is 12.1 Å². The predicted molar refractivity (Wildman–Crippen MR) is 135 cm³/mol. The highest BCUT2D eigenvalue weighted by atomic mass is 35.6. The van der Waals surface area contributed by atoms with Gasteiger partial charge in [-0.25, -0.2) is 0 Å². The molecule has 0 radical (unpaired) electrons. The largest absolute Gasteiger partial charge is 0.339 e. The highest BCUT2D eigenvalue weighted by molar-refractivity contribution is 7.80. The van der Waals surface area contributed by atoms with E-state index in [0.29, 0.717) is 6.42 Å². The third kappa shape index (κ3) is 12.8. The maximum Gasteiger partial charge on any atom is 0.228 e. The van der Waals surface area contributed by atoms with Crippen molar-refractivity contribution in [2.24, 2.45) is 0 Å². The van der Waals surface area contributed by atoms with Crippen LogP contribution in [-0.2, 0) is 4.79 Å². The summed E-state index contributed by atoms with van der Waals surface area (Å²) in [5.41, 5.74) is 1.95. The van der Waals surface area contributed by atoms with Gasteiger partial charge in [0.05, 0.1) is 0 Å². The molecule has 0 aromatic heterocycles. The zero-order valence-corrected chi connectivity index (χ0v) is 21.0. The molecule has 1 aromatic rings. The maximum absolute atomic E-state index is 12.3. The first kappa shape index (κ1) is 27.3. The molecule has 0 aliphatic heterocycles. The van der Waals surface area contributed by atoms with Gasteiger partial charge in [-0.15, -0.1) is 0 Å². The number of thiocarbonyl (C=S) groups is 1. The molecule has 1 aromatic carbocycles. The van der Waals surface area contributed by atoms with Crippen LogP contribution in [0.5, 0.6) is 0 Å². The van der Waals surface area contributed by atoms with E-state index in [1.165, 1.54) is 38.5 Å². The van der Waals surface area contributed by atoms with Crippen LogP contribution in [0.3, 0.4) is 0 Å². The molecule has 0 aliphatic rings. The van der Waals surface area contributed by atoms with Crippen molar-refractivity contribution >= 4 is 63.7 Å². The van der Waals surface area contributed by atoms with E-state index < -0.39 is 9.96 Å². The fraction of sp³-hybridized carbons (Fsp3) is 0.636. The van der Waals surface area contributed by atoms with Gasteiger partial charge in [-0.3, -0.25) is 4.79 Å². The molecule has 0 saturated carbocycles. The molecule has 1 unspecified atom stereocenters. The van der Waals surface area contributed by atoms with Gasteiger partial charge in [-0.1, -0.05) is 111 Å². The second-order valence-corrected chi connectivity index (χ2v) is 10.4. The molecule has 3 N–H and O–H groups in total. The Kier molecular flexibility index (Phi) is 13.7. The number of hydrogen-bond donors (Lipinski definition) is 3. The second kappa shape index (κ2) is 15.1. The second-order valence-electron chi connectivity index (χ2n) is 7.59. The van der Waals surface area contributed by atoms with Crippen LogP contribution in [0.4, 0.5) is 5.69 Å². The summed E-state index contributed by atoms with van der Waals surface area (Å²) in [5, 5.41) is 8.90. The minimum atomic E-state index is -1.74. The van der Waals surface area contributed by atoms with Crippen molar-refractivity contribution in [3.05, 3.63) is 29.8 Å². The Morgan fingerprint density at radius 2 is 1.47 bits per heavy atom. The number of aryl methyl sites for hydroxylation is 1. The minimum absolute atomic E-state index is 0.167. The molecule has 0 saturated heterocycles. The Hall–Kier alpha value is -0.750. The first-order valence-electron chi connectivity index (χ1n) is 10.7.